The standard InChI is InChI=1S/C12H21F3N2O/c1-9-3-5-11(7-16,6-4-9)10(18)17(2)8-12(13,14)15/h9H,3-8,16H2,1-2H3. The lowest BCUT2D eigenvalue weighted by molar-refractivity contribution is -0.166. The first-order valence-electron chi connectivity index (χ1n) is 6.22. The van der Waals surface area contributed by atoms with Gasteiger partial charge < -0.3 is 10.6 Å². The lowest BCUT2D eigenvalue weighted by Gasteiger charge is -2.39. The first-order chi connectivity index (χ1) is 8.20. The second-order valence-electron chi connectivity index (χ2n) is 5.44. The molecule has 0 heterocycles. The summed E-state index contributed by atoms with van der Waals surface area (Å²) in [5.74, 6) is 0.0552. The Hall–Kier alpha value is -0.780. The molecule has 3 nitrogen and oxygen atoms in total. The number of alkyl halides is 3. The van der Waals surface area contributed by atoms with E-state index in [1.54, 1.807) is 0 Å². The van der Waals surface area contributed by atoms with Gasteiger partial charge in [0.15, 0.2) is 0 Å². The van der Waals surface area contributed by atoms with E-state index in [4.69, 9.17) is 5.73 Å². The number of hydrogen-bond acceptors (Lipinski definition) is 2. The molecule has 0 spiro atoms. The zero-order chi connectivity index (χ0) is 14.0. The molecule has 0 aliphatic heterocycles. The Bertz CT molecular complexity index is 296. The number of nitrogens with two attached hydrogens (primary N) is 1. The van der Waals surface area contributed by atoms with Crippen LogP contribution in [0.3, 0.4) is 0 Å². The van der Waals surface area contributed by atoms with Crippen LogP contribution in [0, 0.1) is 11.3 Å². The van der Waals surface area contributed by atoms with Crippen LogP contribution in [-0.4, -0.2) is 37.1 Å². The highest BCUT2D eigenvalue weighted by Gasteiger charge is 2.43. The lowest BCUT2D eigenvalue weighted by Crippen LogP contribution is -2.50. The van der Waals surface area contributed by atoms with Crippen LogP contribution in [0.25, 0.3) is 0 Å². The number of halogens is 3. The Kier molecular flexibility index (Phi) is 4.64. The van der Waals surface area contributed by atoms with Crippen molar-refractivity contribution in [2.75, 3.05) is 20.1 Å². The third-order valence-corrected chi connectivity index (χ3v) is 3.84. The molecular weight excluding hydrogens is 245 g/mol. The topological polar surface area (TPSA) is 46.3 Å². The minimum absolute atomic E-state index is 0.126. The maximum Gasteiger partial charge on any atom is 0.406 e. The average Bonchev–Trinajstić information content (AvgIpc) is 2.27. The molecule has 1 amide bonds. The highest BCUT2D eigenvalue weighted by molar-refractivity contribution is 5.83. The van der Waals surface area contributed by atoms with Crippen molar-refractivity contribution in [2.24, 2.45) is 17.1 Å². The first-order valence-corrected chi connectivity index (χ1v) is 6.22. The van der Waals surface area contributed by atoms with E-state index in [9.17, 15) is 18.0 Å². The molecule has 0 bridgehead atoms. The van der Waals surface area contributed by atoms with Crippen LogP contribution >= 0.6 is 0 Å². The SMILES string of the molecule is CC1CCC(CN)(C(=O)N(C)CC(F)(F)F)CC1. The van der Waals surface area contributed by atoms with Crippen molar-refractivity contribution in [1.82, 2.24) is 4.90 Å². The Labute approximate surface area is 106 Å². The van der Waals surface area contributed by atoms with Gasteiger partial charge in [0.2, 0.25) is 5.91 Å². The van der Waals surface area contributed by atoms with E-state index in [1.165, 1.54) is 7.05 Å². The Balaban J connectivity index is 2.73. The second kappa shape index (κ2) is 5.47. The van der Waals surface area contributed by atoms with Crippen molar-refractivity contribution >= 4 is 5.91 Å². The van der Waals surface area contributed by atoms with Gasteiger partial charge in [0.1, 0.15) is 6.54 Å². The minimum atomic E-state index is -4.36. The summed E-state index contributed by atoms with van der Waals surface area (Å²) >= 11 is 0. The van der Waals surface area contributed by atoms with E-state index in [0.717, 1.165) is 17.7 Å². The molecule has 1 aliphatic carbocycles. The van der Waals surface area contributed by atoms with Gasteiger partial charge in [-0.1, -0.05) is 6.92 Å². The first kappa shape index (κ1) is 15.3. The van der Waals surface area contributed by atoms with Crippen molar-refractivity contribution in [1.29, 1.82) is 0 Å². The monoisotopic (exact) mass is 266 g/mol. The molecule has 0 atom stereocenters. The van der Waals surface area contributed by atoms with Gasteiger partial charge in [0.05, 0.1) is 5.41 Å². The van der Waals surface area contributed by atoms with Gasteiger partial charge in [-0.15, -0.1) is 0 Å². The highest BCUT2D eigenvalue weighted by Crippen LogP contribution is 2.39. The zero-order valence-corrected chi connectivity index (χ0v) is 10.9. The summed E-state index contributed by atoms with van der Waals surface area (Å²) in [5, 5.41) is 0. The predicted octanol–water partition coefficient (Wildman–Crippen LogP) is 2.16. The maximum atomic E-state index is 12.3. The van der Waals surface area contributed by atoms with Crippen LogP contribution in [0.2, 0.25) is 0 Å². The minimum Gasteiger partial charge on any atom is -0.336 e. The summed E-state index contributed by atoms with van der Waals surface area (Å²) in [7, 11) is 1.20. The molecule has 0 radical (unpaired) electrons. The summed E-state index contributed by atoms with van der Waals surface area (Å²) in [5.41, 5.74) is 4.87. The zero-order valence-electron chi connectivity index (χ0n) is 10.9. The van der Waals surface area contributed by atoms with Crippen molar-refractivity contribution < 1.29 is 18.0 Å². The van der Waals surface area contributed by atoms with Crippen molar-refractivity contribution in [3.05, 3.63) is 0 Å². The Morgan fingerprint density at radius 3 is 2.28 bits per heavy atom. The normalized spacial score (nSPS) is 29.1. The molecule has 1 rings (SSSR count). The Morgan fingerprint density at radius 2 is 1.89 bits per heavy atom. The van der Waals surface area contributed by atoms with E-state index in [-0.39, 0.29) is 6.54 Å². The molecule has 0 saturated heterocycles. The van der Waals surface area contributed by atoms with E-state index >= 15 is 0 Å². The fourth-order valence-electron chi connectivity index (χ4n) is 2.57. The van der Waals surface area contributed by atoms with E-state index < -0.39 is 24.0 Å². The number of nitrogens with zero attached hydrogens (tertiary/aromatic N) is 1. The lowest BCUT2D eigenvalue weighted by atomic mass is 9.70. The van der Waals surface area contributed by atoms with Crippen LogP contribution in [-0.2, 0) is 4.79 Å². The van der Waals surface area contributed by atoms with Gasteiger partial charge >= 0.3 is 6.18 Å². The number of carbonyl (C=O) groups is 1. The van der Waals surface area contributed by atoms with Crippen molar-refractivity contribution in [2.45, 2.75) is 38.8 Å². The van der Waals surface area contributed by atoms with Gasteiger partial charge in [-0.2, -0.15) is 13.2 Å². The van der Waals surface area contributed by atoms with Gasteiger partial charge in [0, 0.05) is 13.6 Å². The summed E-state index contributed by atoms with van der Waals surface area (Å²) < 4.78 is 36.9. The van der Waals surface area contributed by atoms with Gasteiger partial charge in [-0.3, -0.25) is 4.79 Å². The van der Waals surface area contributed by atoms with Crippen molar-refractivity contribution in [3.8, 4) is 0 Å². The number of rotatable bonds is 3. The number of carbonyl (C=O) groups excluding carboxylic acids is 1. The van der Waals surface area contributed by atoms with Crippen molar-refractivity contribution in [3.63, 3.8) is 0 Å². The molecule has 2 N–H and O–H groups in total. The van der Waals surface area contributed by atoms with Gasteiger partial charge in [-0.05, 0) is 31.6 Å². The molecule has 0 unspecified atom stereocenters. The fraction of sp³-hybridized carbons (Fsp3) is 0.917. The second-order valence-corrected chi connectivity index (χ2v) is 5.44. The molecule has 0 aromatic heterocycles. The third kappa shape index (κ3) is 3.60. The molecule has 1 fully saturated rings. The summed E-state index contributed by atoms with van der Waals surface area (Å²) in [6.07, 6.45) is -1.48. The largest absolute Gasteiger partial charge is 0.406 e. The smallest absolute Gasteiger partial charge is 0.336 e. The van der Waals surface area contributed by atoms with Crippen LogP contribution in [0.15, 0.2) is 0 Å². The summed E-state index contributed by atoms with van der Waals surface area (Å²) in [6, 6.07) is 0. The summed E-state index contributed by atoms with van der Waals surface area (Å²) in [4.78, 5) is 12.9. The van der Waals surface area contributed by atoms with E-state index in [1.807, 2.05) is 0 Å². The molecule has 0 aromatic rings. The maximum absolute atomic E-state index is 12.3. The summed E-state index contributed by atoms with van der Waals surface area (Å²) in [6.45, 7) is 1.01. The van der Waals surface area contributed by atoms with E-state index in [0.29, 0.717) is 18.8 Å². The van der Waals surface area contributed by atoms with E-state index in [2.05, 4.69) is 6.92 Å². The molecule has 18 heavy (non-hydrogen) atoms. The van der Waals surface area contributed by atoms with Crippen LogP contribution in [0.4, 0.5) is 13.2 Å². The number of hydrogen-bond donors (Lipinski definition) is 1. The van der Waals surface area contributed by atoms with Crippen LogP contribution in [0.1, 0.15) is 32.6 Å². The fourth-order valence-corrected chi connectivity index (χ4v) is 2.57. The van der Waals surface area contributed by atoms with Gasteiger partial charge in [-0.25, -0.2) is 0 Å². The highest BCUT2D eigenvalue weighted by atomic mass is 19.4. The molecule has 6 heteroatoms. The molecule has 1 saturated carbocycles. The number of amides is 1. The van der Waals surface area contributed by atoms with Gasteiger partial charge in [0.25, 0.3) is 0 Å². The Morgan fingerprint density at radius 1 is 1.39 bits per heavy atom. The third-order valence-electron chi connectivity index (χ3n) is 3.84. The molecule has 1 aliphatic rings. The molecular formula is C12H21F3N2O. The average molecular weight is 266 g/mol. The van der Waals surface area contributed by atoms with Crippen LogP contribution < -0.4 is 5.73 Å². The predicted molar refractivity (Wildman–Crippen MR) is 62.8 cm³/mol. The van der Waals surface area contributed by atoms with Crippen LogP contribution in [0.5, 0.6) is 0 Å². The quantitative estimate of drug-likeness (QED) is 0.851. The molecule has 106 valence electrons. The molecule has 0 aromatic carbocycles.